The molecule has 9 heteroatoms. The minimum absolute atomic E-state index is 0.0455. The molecule has 1 saturated heterocycles. The molecule has 0 N–H and O–H groups in total. The topological polar surface area (TPSA) is 58.6 Å². The summed E-state index contributed by atoms with van der Waals surface area (Å²) in [6.07, 6.45) is 1.46. The van der Waals surface area contributed by atoms with Crippen LogP contribution in [0.2, 0.25) is 15.1 Å². The summed E-state index contributed by atoms with van der Waals surface area (Å²) >= 11 is 18.3. The Morgan fingerprint density at radius 2 is 1.84 bits per heavy atom. The lowest BCUT2D eigenvalue weighted by Gasteiger charge is -2.40. The van der Waals surface area contributed by atoms with Gasteiger partial charge in [0.25, 0.3) is 5.91 Å². The summed E-state index contributed by atoms with van der Waals surface area (Å²) < 4.78 is 5.81. The van der Waals surface area contributed by atoms with Crippen LogP contribution in [0.3, 0.4) is 0 Å². The zero-order chi connectivity index (χ0) is 22.0. The molecule has 1 aliphatic heterocycles. The molecular formula is C22H19Cl3N4O2. The number of aromatic nitrogens is 2. The molecular weight excluding hydrogens is 459 g/mol. The highest BCUT2D eigenvalue weighted by atomic mass is 35.5. The van der Waals surface area contributed by atoms with Crippen molar-refractivity contribution in [3.63, 3.8) is 0 Å². The summed E-state index contributed by atoms with van der Waals surface area (Å²) in [5, 5.41) is 1.35. The number of carbonyl (C=O) groups excluding carboxylic acids is 1. The van der Waals surface area contributed by atoms with Gasteiger partial charge in [0.05, 0.1) is 15.6 Å². The molecule has 1 unspecified atom stereocenters. The zero-order valence-corrected chi connectivity index (χ0v) is 18.9. The molecule has 1 aliphatic rings. The highest BCUT2D eigenvalue weighted by molar-refractivity contribution is 6.36. The van der Waals surface area contributed by atoms with Crippen molar-refractivity contribution in [1.82, 2.24) is 14.9 Å². The minimum atomic E-state index is -0.112. The predicted molar refractivity (Wildman–Crippen MR) is 123 cm³/mol. The molecule has 4 rings (SSSR count). The Hall–Kier alpha value is -2.54. The second-order valence-corrected chi connectivity index (χ2v) is 8.42. The van der Waals surface area contributed by atoms with Crippen LogP contribution in [0.5, 0.6) is 11.6 Å². The van der Waals surface area contributed by atoms with Gasteiger partial charge in [-0.15, -0.1) is 0 Å². The lowest BCUT2D eigenvalue weighted by molar-refractivity contribution is 0.0674. The minimum Gasteiger partial charge on any atom is -0.437 e. The molecule has 31 heavy (non-hydrogen) atoms. The fraction of sp³-hybridized carbons (Fsp3) is 0.227. The number of benzene rings is 2. The molecule has 0 spiro atoms. The third-order valence-corrected chi connectivity index (χ3v) is 5.91. The molecule has 1 amide bonds. The second kappa shape index (κ2) is 9.30. The number of ether oxygens (including phenoxy) is 1. The summed E-state index contributed by atoms with van der Waals surface area (Å²) in [6, 6.07) is 13.8. The molecule has 3 aromatic rings. The summed E-state index contributed by atoms with van der Waals surface area (Å²) in [5.41, 5.74) is 0.448. The first-order chi connectivity index (χ1) is 14.9. The summed E-state index contributed by atoms with van der Waals surface area (Å²) in [5.74, 6) is 1.54. The predicted octanol–water partition coefficient (Wildman–Crippen LogP) is 5.58. The van der Waals surface area contributed by atoms with Gasteiger partial charge in [0.15, 0.2) is 0 Å². The van der Waals surface area contributed by atoms with Crippen LogP contribution < -0.4 is 9.64 Å². The van der Waals surface area contributed by atoms with Crippen LogP contribution in [0, 0.1) is 0 Å². The van der Waals surface area contributed by atoms with Crippen LogP contribution in [0.4, 0.5) is 5.82 Å². The summed E-state index contributed by atoms with van der Waals surface area (Å²) in [7, 11) is 0. The summed E-state index contributed by atoms with van der Waals surface area (Å²) in [4.78, 5) is 25.5. The molecule has 2 aromatic carbocycles. The van der Waals surface area contributed by atoms with Crippen LogP contribution in [0.1, 0.15) is 17.3 Å². The van der Waals surface area contributed by atoms with Gasteiger partial charge in [-0.25, -0.2) is 9.97 Å². The van der Waals surface area contributed by atoms with E-state index < -0.39 is 0 Å². The number of hydrogen-bond donors (Lipinski definition) is 0. The van der Waals surface area contributed by atoms with Crippen molar-refractivity contribution in [2.45, 2.75) is 13.0 Å². The Balaban J connectivity index is 1.46. The fourth-order valence-corrected chi connectivity index (χ4v) is 4.15. The van der Waals surface area contributed by atoms with Gasteiger partial charge in [-0.3, -0.25) is 4.79 Å². The molecule has 1 aromatic heterocycles. The number of rotatable bonds is 4. The third-order valence-electron chi connectivity index (χ3n) is 5.05. The normalized spacial score (nSPS) is 16.3. The van der Waals surface area contributed by atoms with Gasteiger partial charge in [-0.1, -0.05) is 46.9 Å². The Morgan fingerprint density at radius 1 is 1.03 bits per heavy atom. The fourth-order valence-electron chi connectivity index (χ4n) is 3.48. The Morgan fingerprint density at radius 3 is 2.58 bits per heavy atom. The van der Waals surface area contributed by atoms with Crippen molar-refractivity contribution < 1.29 is 9.53 Å². The lowest BCUT2D eigenvalue weighted by Crippen LogP contribution is -2.54. The average Bonchev–Trinajstić information content (AvgIpc) is 2.75. The highest BCUT2D eigenvalue weighted by Crippen LogP contribution is 2.30. The van der Waals surface area contributed by atoms with Crippen molar-refractivity contribution >= 4 is 46.5 Å². The highest BCUT2D eigenvalue weighted by Gasteiger charge is 2.30. The number of anilines is 1. The van der Waals surface area contributed by atoms with Gasteiger partial charge in [0.1, 0.15) is 17.9 Å². The first-order valence-corrected chi connectivity index (χ1v) is 10.8. The van der Waals surface area contributed by atoms with E-state index in [2.05, 4.69) is 14.9 Å². The van der Waals surface area contributed by atoms with E-state index in [0.717, 1.165) is 5.82 Å². The molecule has 0 radical (unpaired) electrons. The number of amides is 1. The van der Waals surface area contributed by atoms with Gasteiger partial charge >= 0.3 is 0 Å². The molecule has 160 valence electrons. The molecule has 1 fully saturated rings. The Bertz CT molecular complexity index is 1110. The van der Waals surface area contributed by atoms with Crippen LogP contribution in [0.15, 0.2) is 54.9 Å². The van der Waals surface area contributed by atoms with Crippen LogP contribution in [0.25, 0.3) is 0 Å². The standard InChI is InChI=1S/C22H19Cl3N4O2/c1-14-12-28(8-9-29(14)22(30)16-7-6-15(23)10-18(16)25)20-11-21(27-13-26-20)31-19-5-3-2-4-17(19)24/h2-7,10-11,13-14H,8-9,12H2,1H3. The molecule has 2 heterocycles. The second-order valence-electron chi connectivity index (χ2n) is 7.16. The first-order valence-electron chi connectivity index (χ1n) is 9.68. The van der Waals surface area contributed by atoms with Crippen LogP contribution >= 0.6 is 34.8 Å². The number of hydrogen-bond acceptors (Lipinski definition) is 5. The van der Waals surface area contributed by atoms with E-state index in [-0.39, 0.29) is 11.9 Å². The molecule has 0 aliphatic carbocycles. The number of para-hydroxylation sites is 1. The maximum absolute atomic E-state index is 13.0. The van der Waals surface area contributed by atoms with E-state index in [0.29, 0.717) is 51.9 Å². The van der Waals surface area contributed by atoms with Gasteiger partial charge in [0, 0.05) is 36.8 Å². The van der Waals surface area contributed by atoms with E-state index in [4.69, 9.17) is 39.5 Å². The van der Waals surface area contributed by atoms with E-state index in [9.17, 15) is 4.79 Å². The summed E-state index contributed by atoms with van der Waals surface area (Å²) in [6.45, 7) is 3.75. The molecule has 0 bridgehead atoms. The van der Waals surface area contributed by atoms with E-state index in [1.54, 1.807) is 36.4 Å². The van der Waals surface area contributed by atoms with Gasteiger partial charge < -0.3 is 14.5 Å². The number of halogens is 3. The molecule has 0 saturated carbocycles. The van der Waals surface area contributed by atoms with Crippen LogP contribution in [-0.2, 0) is 0 Å². The van der Waals surface area contributed by atoms with Crippen molar-refractivity contribution in [3.05, 3.63) is 75.5 Å². The Kier molecular flexibility index (Phi) is 6.51. The maximum atomic E-state index is 13.0. The number of piperazine rings is 1. The Labute approximate surface area is 195 Å². The van der Waals surface area contributed by atoms with Crippen LogP contribution in [-0.4, -0.2) is 46.5 Å². The van der Waals surface area contributed by atoms with Gasteiger partial charge in [-0.2, -0.15) is 0 Å². The van der Waals surface area contributed by atoms with Crippen molar-refractivity contribution in [1.29, 1.82) is 0 Å². The quantitative estimate of drug-likeness (QED) is 0.491. The van der Waals surface area contributed by atoms with Crippen molar-refractivity contribution in [2.75, 3.05) is 24.5 Å². The van der Waals surface area contributed by atoms with Gasteiger partial charge in [-0.05, 0) is 37.3 Å². The molecule has 6 nitrogen and oxygen atoms in total. The van der Waals surface area contributed by atoms with Crippen molar-refractivity contribution in [2.24, 2.45) is 0 Å². The van der Waals surface area contributed by atoms with Gasteiger partial charge in [0.2, 0.25) is 5.88 Å². The smallest absolute Gasteiger partial charge is 0.255 e. The lowest BCUT2D eigenvalue weighted by atomic mass is 10.1. The third kappa shape index (κ3) is 4.87. The van der Waals surface area contributed by atoms with E-state index >= 15 is 0 Å². The number of carbonyl (C=O) groups is 1. The monoisotopic (exact) mass is 476 g/mol. The van der Waals surface area contributed by atoms with E-state index in [1.165, 1.54) is 6.33 Å². The van der Waals surface area contributed by atoms with Crippen molar-refractivity contribution in [3.8, 4) is 11.6 Å². The number of nitrogens with zero attached hydrogens (tertiary/aromatic N) is 4. The average molecular weight is 478 g/mol. The maximum Gasteiger partial charge on any atom is 0.255 e. The SMILES string of the molecule is CC1CN(c2cc(Oc3ccccc3Cl)ncn2)CCN1C(=O)c1ccc(Cl)cc1Cl. The van der Waals surface area contributed by atoms with E-state index in [1.807, 2.05) is 24.0 Å². The zero-order valence-electron chi connectivity index (χ0n) is 16.6. The first kappa shape index (κ1) is 21.7. The molecule has 1 atom stereocenters. The largest absolute Gasteiger partial charge is 0.437 e.